The van der Waals surface area contributed by atoms with E-state index in [0.29, 0.717) is 29.7 Å². The summed E-state index contributed by atoms with van der Waals surface area (Å²) in [5.74, 6) is -0.273. The topological polar surface area (TPSA) is 76.7 Å². The lowest BCUT2D eigenvalue weighted by molar-refractivity contribution is 0.00376. The summed E-state index contributed by atoms with van der Waals surface area (Å²) in [7, 11) is 0. The molecule has 1 aliphatic carbocycles. The molecule has 168 valence electrons. The standard InChI is InChI=1S/C24H27F2N5O/c1-4-7-24(3)12-18(19(25)11-22(24)26)15(2)20-13-28-23(30-29-20)17-6-5-16(10-21(17)32)31-9-8-27-14-31/h5-6,8-10,13-14,18-19,22,32H,2,4,7,11-12H2,1,3H3/t18-,19+,22-,24-/m0/s1. The maximum Gasteiger partial charge on any atom is 0.185 e. The zero-order chi connectivity index (χ0) is 22.9. The Morgan fingerprint density at radius 2 is 2.12 bits per heavy atom. The van der Waals surface area contributed by atoms with Gasteiger partial charge < -0.3 is 9.67 Å². The average Bonchev–Trinajstić information content (AvgIpc) is 3.31. The molecule has 4 atom stereocenters. The van der Waals surface area contributed by atoms with E-state index in [1.807, 2.05) is 19.9 Å². The van der Waals surface area contributed by atoms with E-state index in [9.17, 15) is 13.9 Å². The smallest absolute Gasteiger partial charge is 0.185 e. The van der Waals surface area contributed by atoms with Gasteiger partial charge in [0.15, 0.2) is 5.82 Å². The first-order valence-corrected chi connectivity index (χ1v) is 10.8. The van der Waals surface area contributed by atoms with Crippen molar-refractivity contribution in [3.63, 3.8) is 0 Å². The Morgan fingerprint density at radius 1 is 1.31 bits per heavy atom. The first-order valence-electron chi connectivity index (χ1n) is 10.8. The van der Waals surface area contributed by atoms with E-state index < -0.39 is 23.7 Å². The number of aromatic hydroxyl groups is 1. The first-order chi connectivity index (χ1) is 15.3. The molecule has 0 spiro atoms. The van der Waals surface area contributed by atoms with Gasteiger partial charge in [0.05, 0.1) is 23.8 Å². The third-order valence-corrected chi connectivity index (χ3v) is 6.50. The van der Waals surface area contributed by atoms with E-state index >= 15 is 0 Å². The van der Waals surface area contributed by atoms with Gasteiger partial charge in [-0.2, -0.15) is 0 Å². The van der Waals surface area contributed by atoms with Gasteiger partial charge in [0.2, 0.25) is 0 Å². The monoisotopic (exact) mass is 439 g/mol. The highest BCUT2D eigenvalue weighted by atomic mass is 19.1. The van der Waals surface area contributed by atoms with E-state index in [0.717, 1.165) is 12.1 Å². The Labute approximate surface area is 186 Å². The molecule has 0 amide bonds. The molecule has 0 saturated heterocycles. The minimum atomic E-state index is -1.32. The van der Waals surface area contributed by atoms with Crippen LogP contribution in [0.1, 0.15) is 45.2 Å². The first kappa shape index (κ1) is 22.0. The summed E-state index contributed by atoms with van der Waals surface area (Å²) in [5.41, 5.74) is 1.46. The SMILES string of the molecule is C=C(c1cnc(-c2ccc(-n3ccnc3)cc2O)nn1)[C@@H]1C[C@](C)(CCC)[C@@H](F)C[C@H]1F. The van der Waals surface area contributed by atoms with E-state index in [-0.39, 0.29) is 18.0 Å². The van der Waals surface area contributed by atoms with E-state index in [1.165, 1.54) is 6.20 Å². The second kappa shape index (κ2) is 8.76. The molecule has 1 fully saturated rings. The van der Waals surface area contributed by atoms with Crippen molar-refractivity contribution >= 4 is 5.57 Å². The van der Waals surface area contributed by atoms with E-state index in [2.05, 4.69) is 26.7 Å². The van der Waals surface area contributed by atoms with Crippen molar-refractivity contribution in [1.29, 1.82) is 0 Å². The molecule has 0 aliphatic heterocycles. The normalized spacial score (nSPS) is 25.6. The molecular formula is C24H27F2N5O. The van der Waals surface area contributed by atoms with E-state index in [1.54, 1.807) is 35.4 Å². The van der Waals surface area contributed by atoms with E-state index in [4.69, 9.17) is 0 Å². The van der Waals surface area contributed by atoms with Crippen LogP contribution in [0.5, 0.6) is 5.75 Å². The largest absolute Gasteiger partial charge is 0.507 e. The Bertz CT molecular complexity index is 1090. The number of phenolic OH excluding ortho intramolecular Hbond substituents is 1. The van der Waals surface area contributed by atoms with Crippen molar-refractivity contribution in [2.45, 2.75) is 51.9 Å². The molecule has 8 heteroatoms. The highest BCUT2D eigenvalue weighted by Crippen LogP contribution is 2.48. The molecule has 1 saturated carbocycles. The summed E-state index contributed by atoms with van der Waals surface area (Å²) in [6.45, 7) is 7.94. The lowest BCUT2D eigenvalue weighted by Crippen LogP contribution is -2.42. The molecule has 0 radical (unpaired) electrons. The summed E-state index contributed by atoms with van der Waals surface area (Å²) < 4.78 is 31.1. The Kier molecular flexibility index (Phi) is 6.04. The van der Waals surface area contributed by atoms with Crippen LogP contribution in [-0.2, 0) is 0 Å². The Morgan fingerprint density at radius 3 is 2.75 bits per heavy atom. The van der Waals surface area contributed by atoms with Crippen molar-refractivity contribution in [3.8, 4) is 22.8 Å². The highest BCUT2D eigenvalue weighted by molar-refractivity contribution is 5.67. The number of phenols is 1. The molecule has 1 aromatic carbocycles. The minimum Gasteiger partial charge on any atom is -0.507 e. The third kappa shape index (κ3) is 4.13. The van der Waals surface area contributed by atoms with Gasteiger partial charge in [0, 0.05) is 30.8 Å². The lowest BCUT2D eigenvalue weighted by atomic mass is 9.65. The second-order valence-electron chi connectivity index (χ2n) is 8.80. The fraction of sp³-hybridized carbons (Fsp3) is 0.417. The van der Waals surface area contributed by atoms with Gasteiger partial charge in [0.25, 0.3) is 0 Å². The molecule has 6 nitrogen and oxygen atoms in total. The molecule has 2 heterocycles. The molecule has 1 N–H and O–H groups in total. The van der Waals surface area contributed by atoms with Crippen LogP contribution >= 0.6 is 0 Å². The number of hydrogen-bond donors (Lipinski definition) is 1. The van der Waals surface area contributed by atoms with Crippen molar-refractivity contribution < 1.29 is 13.9 Å². The number of alkyl halides is 2. The average molecular weight is 440 g/mol. The van der Waals surface area contributed by atoms with Crippen LogP contribution in [0, 0.1) is 11.3 Å². The van der Waals surface area contributed by atoms with Crippen LogP contribution in [-0.4, -0.2) is 42.2 Å². The number of nitrogens with zero attached hydrogens (tertiary/aromatic N) is 5. The van der Waals surface area contributed by atoms with Crippen LogP contribution in [0.3, 0.4) is 0 Å². The summed E-state index contributed by atoms with van der Waals surface area (Å²) in [4.78, 5) is 8.31. The molecule has 0 unspecified atom stereocenters. The van der Waals surface area contributed by atoms with Crippen molar-refractivity contribution in [2.24, 2.45) is 11.3 Å². The Hall–Kier alpha value is -3.16. The van der Waals surface area contributed by atoms with Crippen molar-refractivity contribution in [2.75, 3.05) is 0 Å². The second-order valence-corrected chi connectivity index (χ2v) is 8.80. The number of benzene rings is 1. The Balaban J connectivity index is 1.54. The van der Waals surface area contributed by atoms with Gasteiger partial charge in [-0.1, -0.05) is 26.8 Å². The van der Waals surface area contributed by atoms with Crippen molar-refractivity contribution in [3.05, 3.63) is 55.4 Å². The number of allylic oxidation sites excluding steroid dienone is 1. The van der Waals surface area contributed by atoms with Gasteiger partial charge in [0.1, 0.15) is 23.8 Å². The number of rotatable bonds is 6. The fourth-order valence-corrected chi connectivity index (χ4v) is 4.59. The third-order valence-electron chi connectivity index (χ3n) is 6.50. The van der Waals surface area contributed by atoms with Crippen LogP contribution in [0.4, 0.5) is 8.78 Å². The van der Waals surface area contributed by atoms with Gasteiger partial charge >= 0.3 is 0 Å². The predicted molar refractivity (Wildman–Crippen MR) is 119 cm³/mol. The number of imidazole rings is 1. The molecule has 2 aromatic heterocycles. The van der Waals surface area contributed by atoms with Crippen LogP contribution in [0.25, 0.3) is 22.6 Å². The maximum atomic E-state index is 14.8. The quantitative estimate of drug-likeness (QED) is 0.561. The summed E-state index contributed by atoms with van der Waals surface area (Å²) >= 11 is 0. The van der Waals surface area contributed by atoms with Gasteiger partial charge in [-0.15, -0.1) is 10.2 Å². The molecule has 32 heavy (non-hydrogen) atoms. The van der Waals surface area contributed by atoms with Crippen molar-refractivity contribution in [1.82, 2.24) is 24.7 Å². The molecule has 1 aliphatic rings. The summed E-state index contributed by atoms with van der Waals surface area (Å²) in [6.07, 6.45) is 5.84. The molecular weight excluding hydrogens is 412 g/mol. The van der Waals surface area contributed by atoms with Gasteiger partial charge in [-0.05, 0) is 36.0 Å². The number of aromatic nitrogens is 5. The highest BCUT2D eigenvalue weighted by Gasteiger charge is 2.46. The summed E-state index contributed by atoms with van der Waals surface area (Å²) in [5, 5.41) is 18.8. The minimum absolute atomic E-state index is 0.00463. The van der Waals surface area contributed by atoms with Gasteiger partial charge in [-0.25, -0.2) is 18.7 Å². The van der Waals surface area contributed by atoms with Crippen LogP contribution < -0.4 is 0 Å². The zero-order valence-electron chi connectivity index (χ0n) is 18.2. The molecule has 3 aromatic rings. The maximum absolute atomic E-state index is 14.8. The summed E-state index contributed by atoms with van der Waals surface area (Å²) in [6, 6.07) is 5.10. The molecule has 4 rings (SSSR count). The fourth-order valence-electron chi connectivity index (χ4n) is 4.59. The zero-order valence-corrected chi connectivity index (χ0v) is 18.2. The van der Waals surface area contributed by atoms with Crippen LogP contribution in [0.2, 0.25) is 0 Å². The van der Waals surface area contributed by atoms with Gasteiger partial charge in [-0.3, -0.25) is 0 Å². The van der Waals surface area contributed by atoms with Crippen LogP contribution in [0.15, 0.2) is 49.7 Å². The number of hydrogen-bond acceptors (Lipinski definition) is 5. The number of halogens is 2. The molecule has 0 bridgehead atoms. The lowest BCUT2D eigenvalue weighted by Gasteiger charge is -2.43. The predicted octanol–water partition coefficient (Wildman–Crippen LogP) is 5.34.